The van der Waals surface area contributed by atoms with E-state index in [-0.39, 0.29) is 6.61 Å². The van der Waals surface area contributed by atoms with Crippen molar-refractivity contribution in [1.29, 1.82) is 0 Å². The third-order valence-corrected chi connectivity index (χ3v) is 6.19. The number of benzene rings is 2. The lowest BCUT2D eigenvalue weighted by Gasteiger charge is -2.21. The molecule has 0 amide bonds. The highest BCUT2D eigenvalue weighted by Crippen LogP contribution is 2.30. The Morgan fingerprint density at radius 1 is 1.00 bits per heavy atom. The lowest BCUT2D eigenvalue weighted by atomic mass is 9.85. The Bertz CT molecular complexity index is 784. The fourth-order valence-corrected chi connectivity index (χ4v) is 4.47. The largest absolute Gasteiger partial charge is 0.535 e. The smallest absolute Gasteiger partial charge is 0.433 e. The molecule has 0 bridgehead atoms. The molecule has 2 aromatic carbocycles. The molecule has 0 heterocycles. The van der Waals surface area contributed by atoms with Crippen molar-refractivity contribution in [1.82, 2.24) is 0 Å². The van der Waals surface area contributed by atoms with Crippen molar-refractivity contribution >= 4 is 23.6 Å². The van der Waals surface area contributed by atoms with Crippen LogP contribution in [0.3, 0.4) is 0 Å². The van der Waals surface area contributed by atoms with Crippen molar-refractivity contribution in [2.24, 2.45) is 11.1 Å². The summed E-state index contributed by atoms with van der Waals surface area (Å²) < 4.78 is 4.84. The van der Waals surface area contributed by atoms with Gasteiger partial charge in [-0.1, -0.05) is 79.4 Å². The molecule has 0 saturated heterocycles. The molecule has 1 aliphatic rings. The molecule has 0 aliphatic heterocycles. The fraction of sp³-hybridized carbons (Fsp3) is 0.417. The number of ether oxygens (including phenoxy) is 1. The Kier molecular flexibility index (Phi) is 8.62. The molecule has 0 aromatic heterocycles. The number of hydrogen-bond donors (Lipinski definition) is 0. The Balaban J connectivity index is 1.67. The van der Waals surface area contributed by atoms with Gasteiger partial charge in [0, 0.05) is 9.79 Å². The molecule has 0 unspecified atom stereocenters. The van der Waals surface area contributed by atoms with Crippen LogP contribution in [0.5, 0.6) is 0 Å². The number of hydrogen-bond acceptors (Lipinski definition) is 5. The Labute approximate surface area is 177 Å². The SMILES string of the molecule is CCOC(=O)O/N=C(\CCC1CCCCC1)c1ccc(Sc2ccccc2)cc1. The molecule has 154 valence electrons. The van der Waals surface area contributed by atoms with Crippen LogP contribution in [-0.2, 0) is 9.57 Å². The predicted molar refractivity (Wildman–Crippen MR) is 117 cm³/mol. The summed E-state index contributed by atoms with van der Waals surface area (Å²) in [6.07, 6.45) is 7.70. The minimum absolute atomic E-state index is 0.275. The Morgan fingerprint density at radius 3 is 2.38 bits per heavy atom. The molecule has 4 nitrogen and oxygen atoms in total. The molecule has 3 rings (SSSR count). The molecule has 0 atom stereocenters. The summed E-state index contributed by atoms with van der Waals surface area (Å²) in [5, 5.41) is 4.15. The van der Waals surface area contributed by atoms with E-state index in [2.05, 4.69) is 41.6 Å². The Morgan fingerprint density at radius 2 is 1.69 bits per heavy atom. The summed E-state index contributed by atoms with van der Waals surface area (Å²) in [4.78, 5) is 18.9. The van der Waals surface area contributed by atoms with Crippen LogP contribution >= 0.6 is 11.8 Å². The number of nitrogens with zero attached hydrogens (tertiary/aromatic N) is 1. The van der Waals surface area contributed by atoms with E-state index in [0.29, 0.717) is 0 Å². The molecule has 0 radical (unpaired) electrons. The third-order valence-electron chi connectivity index (χ3n) is 5.17. The third kappa shape index (κ3) is 7.24. The number of carbonyl (C=O) groups is 1. The first-order chi connectivity index (χ1) is 14.2. The molecule has 1 fully saturated rings. The van der Waals surface area contributed by atoms with Gasteiger partial charge in [0.15, 0.2) is 0 Å². The van der Waals surface area contributed by atoms with Crippen molar-refractivity contribution in [3.8, 4) is 0 Å². The number of rotatable bonds is 8. The van der Waals surface area contributed by atoms with Gasteiger partial charge in [0.05, 0.1) is 12.3 Å². The second kappa shape index (κ2) is 11.7. The van der Waals surface area contributed by atoms with Crippen LogP contribution in [0.15, 0.2) is 69.5 Å². The van der Waals surface area contributed by atoms with E-state index in [1.165, 1.54) is 37.0 Å². The van der Waals surface area contributed by atoms with Crippen LogP contribution in [-0.4, -0.2) is 18.5 Å². The predicted octanol–water partition coefficient (Wildman–Crippen LogP) is 7.08. The zero-order valence-corrected chi connectivity index (χ0v) is 17.8. The van der Waals surface area contributed by atoms with Gasteiger partial charge in [-0.25, -0.2) is 4.79 Å². The monoisotopic (exact) mass is 411 g/mol. The molecule has 1 saturated carbocycles. The van der Waals surface area contributed by atoms with Crippen molar-refractivity contribution in [3.05, 3.63) is 60.2 Å². The van der Waals surface area contributed by atoms with Gasteiger partial charge >= 0.3 is 6.16 Å². The highest BCUT2D eigenvalue weighted by Gasteiger charge is 2.16. The fourth-order valence-electron chi connectivity index (χ4n) is 3.64. The molecule has 0 spiro atoms. The molecular weight excluding hydrogens is 382 g/mol. The lowest BCUT2D eigenvalue weighted by molar-refractivity contribution is 0.0612. The summed E-state index contributed by atoms with van der Waals surface area (Å²) in [5.41, 5.74) is 1.79. The van der Waals surface area contributed by atoms with E-state index >= 15 is 0 Å². The van der Waals surface area contributed by atoms with E-state index in [4.69, 9.17) is 9.57 Å². The van der Waals surface area contributed by atoms with Crippen molar-refractivity contribution in [2.45, 2.75) is 61.7 Å². The lowest BCUT2D eigenvalue weighted by Crippen LogP contribution is -2.11. The highest BCUT2D eigenvalue weighted by molar-refractivity contribution is 7.99. The molecule has 2 aromatic rings. The van der Waals surface area contributed by atoms with Gasteiger partial charge in [-0.2, -0.15) is 0 Å². The summed E-state index contributed by atoms with van der Waals surface area (Å²) in [5.74, 6) is 0.740. The minimum atomic E-state index is -0.751. The quantitative estimate of drug-likeness (QED) is 0.202. The van der Waals surface area contributed by atoms with Gasteiger partial charge < -0.3 is 4.74 Å². The van der Waals surface area contributed by atoms with Gasteiger partial charge in [-0.3, -0.25) is 4.84 Å². The summed E-state index contributed by atoms with van der Waals surface area (Å²) in [7, 11) is 0. The van der Waals surface area contributed by atoms with Crippen LogP contribution in [0.25, 0.3) is 0 Å². The molecule has 1 aliphatic carbocycles. The Hall–Kier alpha value is -2.27. The summed E-state index contributed by atoms with van der Waals surface area (Å²) in [6.45, 7) is 2.02. The van der Waals surface area contributed by atoms with Crippen LogP contribution in [0, 0.1) is 5.92 Å². The highest BCUT2D eigenvalue weighted by atomic mass is 32.2. The standard InChI is InChI=1S/C24H29NO3S/c1-2-27-24(26)28-25-23(18-13-19-9-5-3-6-10-19)20-14-16-22(17-15-20)29-21-11-7-4-8-12-21/h4,7-8,11-12,14-17,19H,2-3,5-6,9-10,13,18H2,1H3/b25-23+. The van der Waals surface area contributed by atoms with E-state index < -0.39 is 6.16 Å². The van der Waals surface area contributed by atoms with E-state index in [9.17, 15) is 4.79 Å². The summed E-state index contributed by atoms with van der Waals surface area (Å²) >= 11 is 1.72. The van der Waals surface area contributed by atoms with Crippen LogP contribution in [0.2, 0.25) is 0 Å². The van der Waals surface area contributed by atoms with Crippen molar-refractivity contribution in [2.75, 3.05) is 6.61 Å². The first kappa shape index (κ1) is 21.4. The maximum atomic E-state index is 11.6. The molecule has 5 heteroatoms. The first-order valence-corrected chi connectivity index (χ1v) is 11.3. The maximum Gasteiger partial charge on any atom is 0.535 e. The molecule has 0 N–H and O–H groups in total. The molecule has 29 heavy (non-hydrogen) atoms. The molecular formula is C24H29NO3S. The van der Waals surface area contributed by atoms with Gasteiger partial charge in [-0.05, 0) is 55.5 Å². The first-order valence-electron chi connectivity index (χ1n) is 10.5. The number of carbonyl (C=O) groups excluding carboxylic acids is 1. The number of oxime groups is 1. The zero-order valence-electron chi connectivity index (χ0n) is 17.0. The summed E-state index contributed by atoms with van der Waals surface area (Å²) in [6, 6.07) is 18.6. The van der Waals surface area contributed by atoms with Gasteiger partial charge in [0.25, 0.3) is 0 Å². The van der Waals surface area contributed by atoms with Gasteiger partial charge in [0.1, 0.15) is 0 Å². The van der Waals surface area contributed by atoms with Crippen LogP contribution in [0.1, 0.15) is 57.4 Å². The second-order valence-electron chi connectivity index (χ2n) is 7.29. The van der Waals surface area contributed by atoms with Crippen LogP contribution < -0.4 is 0 Å². The van der Waals surface area contributed by atoms with E-state index in [0.717, 1.165) is 34.9 Å². The maximum absolute atomic E-state index is 11.6. The van der Waals surface area contributed by atoms with Gasteiger partial charge in [-0.15, -0.1) is 0 Å². The minimum Gasteiger partial charge on any atom is -0.433 e. The topological polar surface area (TPSA) is 47.9 Å². The zero-order chi connectivity index (χ0) is 20.3. The van der Waals surface area contributed by atoms with E-state index in [1.54, 1.807) is 18.7 Å². The van der Waals surface area contributed by atoms with Crippen molar-refractivity contribution in [3.63, 3.8) is 0 Å². The average molecular weight is 412 g/mol. The van der Waals surface area contributed by atoms with E-state index in [1.807, 2.05) is 18.2 Å². The van der Waals surface area contributed by atoms with Crippen molar-refractivity contribution < 1.29 is 14.4 Å². The average Bonchev–Trinajstić information content (AvgIpc) is 2.76. The second-order valence-corrected chi connectivity index (χ2v) is 8.44. The van der Waals surface area contributed by atoms with Gasteiger partial charge in [0.2, 0.25) is 0 Å². The normalized spacial score (nSPS) is 15.1. The van der Waals surface area contributed by atoms with Crippen LogP contribution in [0.4, 0.5) is 4.79 Å².